The number of ether oxygens (including phenoxy) is 2. The molecule has 2 rings (SSSR count). The van der Waals surface area contributed by atoms with Crippen LogP contribution >= 0.6 is 0 Å². The van der Waals surface area contributed by atoms with Crippen LogP contribution < -0.4 is 9.47 Å². The van der Waals surface area contributed by atoms with Crippen LogP contribution in [0.2, 0.25) is 0 Å². The molecule has 1 atom stereocenters. The summed E-state index contributed by atoms with van der Waals surface area (Å²) >= 11 is 0. The van der Waals surface area contributed by atoms with Crippen LogP contribution in [0, 0.1) is 0 Å². The highest BCUT2D eigenvalue weighted by atomic mass is 16.5. The standard InChI is InChI=1S/C18H22O2/c1-14(2)19-18-11-7-8-16(13-18)12-15(3)20-17-9-5-4-6-10-17/h4-11,13-15H,12H2,1-3H3/t15-/m1/s1. The minimum Gasteiger partial charge on any atom is -0.491 e. The topological polar surface area (TPSA) is 18.5 Å². The number of hydrogen-bond donors (Lipinski definition) is 0. The van der Waals surface area contributed by atoms with Gasteiger partial charge in [-0.1, -0.05) is 30.3 Å². The molecule has 20 heavy (non-hydrogen) atoms. The lowest BCUT2D eigenvalue weighted by atomic mass is 10.1. The number of rotatable bonds is 6. The SMILES string of the molecule is CC(C)Oc1cccc(C[C@@H](C)Oc2ccccc2)c1. The van der Waals surface area contributed by atoms with E-state index in [0.29, 0.717) is 0 Å². The third kappa shape index (κ3) is 4.61. The largest absolute Gasteiger partial charge is 0.491 e. The summed E-state index contributed by atoms with van der Waals surface area (Å²) in [5.41, 5.74) is 1.23. The van der Waals surface area contributed by atoms with Crippen LogP contribution in [-0.4, -0.2) is 12.2 Å². The summed E-state index contributed by atoms with van der Waals surface area (Å²) in [6, 6.07) is 18.1. The normalized spacial score (nSPS) is 12.2. The van der Waals surface area contributed by atoms with Crippen molar-refractivity contribution in [1.29, 1.82) is 0 Å². The monoisotopic (exact) mass is 270 g/mol. The van der Waals surface area contributed by atoms with Crippen LogP contribution in [0.4, 0.5) is 0 Å². The van der Waals surface area contributed by atoms with Gasteiger partial charge in [0, 0.05) is 6.42 Å². The first-order chi connectivity index (χ1) is 9.63. The van der Waals surface area contributed by atoms with Crippen molar-refractivity contribution in [2.45, 2.75) is 39.4 Å². The van der Waals surface area contributed by atoms with Crippen molar-refractivity contribution in [3.8, 4) is 11.5 Å². The average molecular weight is 270 g/mol. The predicted octanol–water partition coefficient (Wildman–Crippen LogP) is 4.48. The Morgan fingerprint density at radius 2 is 1.50 bits per heavy atom. The molecule has 0 N–H and O–H groups in total. The summed E-state index contributed by atoms with van der Waals surface area (Å²) in [6.07, 6.45) is 1.19. The van der Waals surface area contributed by atoms with E-state index in [9.17, 15) is 0 Å². The Labute approximate surface area is 121 Å². The van der Waals surface area contributed by atoms with Gasteiger partial charge in [-0.15, -0.1) is 0 Å². The molecule has 0 saturated heterocycles. The van der Waals surface area contributed by atoms with Gasteiger partial charge in [0.25, 0.3) is 0 Å². The van der Waals surface area contributed by atoms with Gasteiger partial charge >= 0.3 is 0 Å². The highest BCUT2D eigenvalue weighted by molar-refractivity contribution is 5.29. The fourth-order valence-corrected chi connectivity index (χ4v) is 2.12. The molecule has 2 aromatic rings. The van der Waals surface area contributed by atoms with Crippen molar-refractivity contribution in [3.05, 3.63) is 60.2 Å². The molecule has 106 valence electrons. The maximum Gasteiger partial charge on any atom is 0.119 e. The molecule has 0 aliphatic carbocycles. The van der Waals surface area contributed by atoms with E-state index in [1.54, 1.807) is 0 Å². The van der Waals surface area contributed by atoms with Gasteiger partial charge in [-0.2, -0.15) is 0 Å². The van der Waals surface area contributed by atoms with Gasteiger partial charge in [-0.25, -0.2) is 0 Å². The van der Waals surface area contributed by atoms with Crippen molar-refractivity contribution in [2.75, 3.05) is 0 Å². The summed E-state index contributed by atoms with van der Waals surface area (Å²) in [5, 5.41) is 0. The zero-order valence-corrected chi connectivity index (χ0v) is 12.4. The molecule has 0 saturated carbocycles. The van der Waals surface area contributed by atoms with Crippen LogP contribution in [0.1, 0.15) is 26.3 Å². The molecule has 0 fully saturated rings. The van der Waals surface area contributed by atoms with E-state index >= 15 is 0 Å². The van der Waals surface area contributed by atoms with Crippen molar-refractivity contribution >= 4 is 0 Å². The molecule has 0 bridgehead atoms. The highest BCUT2D eigenvalue weighted by Gasteiger charge is 2.07. The molecule has 2 nitrogen and oxygen atoms in total. The van der Waals surface area contributed by atoms with E-state index in [-0.39, 0.29) is 12.2 Å². The van der Waals surface area contributed by atoms with Gasteiger partial charge in [0.15, 0.2) is 0 Å². The van der Waals surface area contributed by atoms with E-state index in [1.165, 1.54) is 5.56 Å². The summed E-state index contributed by atoms with van der Waals surface area (Å²) in [4.78, 5) is 0. The fourth-order valence-electron chi connectivity index (χ4n) is 2.12. The molecule has 0 radical (unpaired) electrons. The van der Waals surface area contributed by atoms with Crippen LogP contribution in [0.5, 0.6) is 11.5 Å². The lowest BCUT2D eigenvalue weighted by molar-refractivity contribution is 0.221. The third-order valence-corrected chi connectivity index (χ3v) is 2.87. The number of hydrogen-bond acceptors (Lipinski definition) is 2. The molecular formula is C18H22O2. The lowest BCUT2D eigenvalue weighted by Crippen LogP contribution is -2.15. The van der Waals surface area contributed by atoms with E-state index in [4.69, 9.17) is 9.47 Å². The number of para-hydroxylation sites is 1. The second kappa shape index (κ2) is 6.99. The zero-order chi connectivity index (χ0) is 14.4. The minimum atomic E-state index is 0.131. The first kappa shape index (κ1) is 14.4. The van der Waals surface area contributed by atoms with Gasteiger partial charge in [-0.3, -0.25) is 0 Å². The summed E-state index contributed by atoms with van der Waals surface area (Å²) in [7, 11) is 0. The van der Waals surface area contributed by atoms with Gasteiger partial charge < -0.3 is 9.47 Å². The van der Waals surface area contributed by atoms with Crippen molar-refractivity contribution < 1.29 is 9.47 Å². The van der Waals surface area contributed by atoms with Gasteiger partial charge in [0.2, 0.25) is 0 Å². The van der Waals surface area contributed by atoms with E-state index in [2.05, 4.69) is 19.1 Å². The number of benzene rings is 2. The predicted molar refractivity (Wildman–Crippen MR) is 82.4 cm³/mol. The van der Waals surface area contributed by atoms with Crippen LogP contribution in [0.25, 0.3) is 0 Å². The first-order valence-corrected chi connectivity index (χ1v) is 7.11. The second-order valence-corrected chi connectivity index (χ2v) is 5.26. The molecule has 0 amide bonds. The van der Waals surface area contributed by atoms with Crippen LogP contribution in [0.15, 0.2) is 54.6 Å². The van der Waals surface area contributed by atoms with Gasteiger partial charge in [0.1, 0.15) is 11.5 Å². The maximum atomic E-state index is 5.90. The van der Waals surface area contributed by atoms with Gasteiger partial charge in [0.05, 0.1) is 12.2 Å². The average Bonchev–Trinajstić information content (AvgIpc) is 2.39. The van der Waals surface area contributed by atoms with E-state index in [1.807, 2.05) is 56.3 Å². The Bertz CT molecular complexity index is 520. The molecule has 0 heterocycles. The Kier molecular flexibility index (Phi) is 5.05. The van der Waals surface area contributed by atoms with Crippen molar-refractivity contribution in [3.63, 3.8) is 0 Å². The summed E-state index contributed by atoms with van der Waals surface area (Å²) < 4.78 is 11.6. The molecule has 0 spiro atoms. The van der Waals surface area contributed by atoms with Crippen molar-refractivity contribution in [1.82, 2.24) is 0 Å². The van der Waals surface area contributed by atoms with Crippen LogP contribution in [-0.2, 0) is 6.42 Å². The van der Waals surface area contributed by atoms with Crippen LogP contribution in [0.3, 0.4) is 0 Å². The molecule has 0 aliphatic rings. The summed E-state index contributed by atoms with van der Waals surface area (Å²) in [6.45, 7) is 6.16. The third-order valence-electron chi connectivity index (χ3n) is 2.87. The molecular weight excluding hydrogens is 248 g/mol. The second-order valence-electron chi connectivity index (χ2n) is 5.26. The molecule has 0 unspecified atom stereocenters. The minimum absolute atomic E-state index is 0.131. The molecule has 0 aliphatic heterocycles. The van der Waals surface area contributed by atoms with Gasteiger partial charge in [-0.05, 0) is 50.6 Å². The Morgan fingerprint density at radius 3 is 2.20 bits per heavy atom. The Hall–Kier alpha value is -1.96. The molecule has 2 aromatic carbocycles. The maximum absolute atomic E-state index is 5.90. The Morgan fingerprint density at radius 1 is 0.800 bits per heavy atom. The zero-order valence-electron chi connectivity index (χ0n) is 12.4. The van der Waals surface area contributed by atoms with Crippen molar-refractivity contribution in [2.24, 2.45) is 0 Å². The first-order valence-electron chi connectivity index (χ1n) is 7.11. The Balaban J connectivity index is 1.95. The summed E-state index contributed by atoms with van der Waals surface area (Å²) in [5.74, 6) is 1.83. The lowest BCUT2D eigenvalue weighted by Gasteiger charge is -2.16. The quantitative estimate of drug-likeness (QED) is 0.770. The molecule has 0 aromatic heterocycles. The smallest absolute Gasteiger partial charge is 0.119 e. The van der Waals surface area contributed by atoms with E-state index in [0.717, 1.165) is 17.9 Å². The fraction of sp³-hybridized carbons (Fsp3) is 0.333. The van der Waals surface area contributed by atoms with E-state index < -0.39 is 0 Å². The molecule has 2 heteroatoms. The highest BCUT2D eigenvalue weighted by Crippen LogP contribution is 2.18.